The zero-order valence-corrected chi connectivity index (χ0v) is 9.03. The van der Waals surface area contributed by atoms with Gasteiger partial charge in [-0.2, -0.15) is 0 Å². The van der Waals surface area contributed by atoms with Crippen molar-refractivity contribution in [2.24, 2.45) is 5.92 Å². The molecular weight excluding hydrogens is 146 g/mol. The molecule has 0 saturated heterocycles. The number of rotatable bonds is 8. The van der Waals surface area contributed by atoms with Crippen LogP contribution in [-0.4, -0.2) is 13.1 Å². The Bertz CT molecular complexity index is 81.1. The van der Waals surface area contributed by atoms with Gasteiger partial charge in [0.05, 0.1) is 0 Å². The van der Waals surface area contributed by atoms with Gasteiger partial charge in [0, 0.05) is 0 Å². The molecule has 0 aliphatic rings. The Labute approximate surface area is 77.9 Å². The van der Waals surface area contributed by atoms with Crippen LogP contribution < -0.4 is 5.32 Å². The van der Waals surface area contributed by atoms with Crippen LogP contribution >= 0.6 is 0 Å². The van der Waals surface area contributed by atoms with E-state index in [1.165, 1.54) is 45.2 Å². The lowest BCUT2D eigenvalue weighted by molar-refractivity contribution is 0.461. The quantitative estimate of drug-likeness (QED) is 0.553. The summed E-state index contributed by atoms with van der Waals surface area (Å²) in [5.74, 6) is 0.863. The number of nitrogens with one attached hydrogen (secondary N) is 1. The smallest absolute Gasteiger partial charge is 0.00232 e. The maximum Gasteiger partial charge on any atom is -0.00232 e. The Hall–Kier alpha value is -0.0400. The third-order valence-corrected chi connectivity index (χ3v) is 2.25. The number of hydrogen-bond donors (Lipinski definition) is 1. The molecule has 0 rings (SSSR count). The Morgan fingerprint density at radius 2 is 1.75 bits per heavy atom. The minimum atomic E-state index is 0.863. The molecule has 0 bridgehead atoms. The summed E-state index contributed by atoms with van der Waals surface area (Å²) in [5.41, 5.74) is 0. The summed E-state index contributed by atoms with van der Waals surface area (Å²) in [6.45, 7) is 9.25. The summed E-state index contributed by atoms with van der Waals surface area (Å²) in [4.78, 5) is 0. The van der Waals surface area contributed by atoms with E-state index in [1.54, 1.807) is 0 Å². The highest BCUT2D eigenvalue weighted by atomic mass is 14.8. The van der Waals surface area contributed by atoms with Crippen LogP contribution in [0.2, 0.25) is 0 Å². The molecule has 1 unspecified atom stereocenters. The highest BCUT2D eigenvalue weighted by Crippen LogP contribution is 2.05. The molecule has 1 heteroatoms. The first kappa shape index (κ1) is 12.0. The zero-order valence-electron chi connectivity index (χ0n) is 9.03. The van der Waals surface area contributed by atoms with Crippen molar-refractivity contribution in [3.05, 3.63) is 0 Å². The molecule has 1 N–H and O–H groups in total. The van der Waals surface area contributed by atoms with Gasteiger partial charge in [-0.1, -0.05) is 40.0 Å². The van der Waals surface area contributed by atoms with Gasteiger partial charge in [0.15, 0.2) is 0 Å². The Kier molecular flexibility index (Phi) is 9.02. The second-order valence-corrected chi connectivity index (χ2v) is 3.81. The molecule has 0 aromatic carbocycles. The van der Waals surface area contributed by atoms with Crippen molar-refractivity contribution >= 4 is 0 Å². The van der Waals surface area contributed by atoms with Crippen LogP contribution in [0.5, 0.6) is 0 Å². The molecule has 0 aliphatic carbocycles. The van der Waals surface area contributed by atoms with E-state index in [4.69, 9.17) is 0 Å². The first-order valence-electron chi connectivity index (χ1n) is 5.52. The van der Waals surface area contributed by atoms with Crippen LogP contribution in [0.15, 0.2) is 0 Å². The van der Waals surface area contributed by atoms with Crippen LogP contribution in [-0.2, 0) is 0 Å². The van der Waals surface area contributed by atoms with E-state index in [-0.39, 0.29) is 0 Å². The molecule has 1 nitrogen and oxygen atoms in total. The van der Waals surface area contributed by atoms with Crippen molar-refractivity contribution in [1.82, 2.24) is 5.32 Å². The molecule has 0 aromatic heterocycles. The van der Waals surface area contributed by atoms with E-state index in [0.29, 0.717) is 0 Å². The molecule has 0 heterocycles. The molecule has 0 radical (unpaired) electrons. The largest absolute Gasteiger partial charge is 0.316 e. The standard InChI is InChI=1S/C11H25N/c1-4-6-8-11(3)10-12-9-7-5-2/h11-12H,4-10H2,1-3H3. The molecule has 12 heavy (non-hydrogen) atoms. The van der Waals surface area contributed by atoms with Gasteiger partial charge in [-0.15, -0.1) is 0 Å². The van der Waals surface area contributed by atoms with Gasteiger partial charge in [0.1, 0.15) is 0 Å². The highest BCUT2D eigenvalue weighted by Gasteiger charge is 1.99. The van der Waals surface area contributed by atoms with E-state index in [0.717, 1.165) is 5.92 Å². The van der Waals surface area contributed by atoms with Crippen molar-refractivity contribution < 1.29 is 0 Å². The maximum absolute atomic E-state index is 3.49. The molecule has 74 valence electrons. The van der Waals surface area contributed by atoms with Gasteiger partial charge in [-0.25, -0.2) is 0 Å². The van der Waals surface area contributed by atoms with E-state index in [9.17, 15) is 0 Å². The van der Waals surface area contributed by atoms with E-state index >= 15 is 0 Å². The van der Waals surface area contributed by atoms with E-state index in [1.807, 2.05) is 0 Å². The summed E-state index contributed by atoms with van der Waals surface area (Å²) in [5, 5.41) is 3.49. The summed E-state index contributed by atoms with van der Waals surface area (Å²) >= 11 is 0. The summed E-state index contributed by atoms with van der Waals surface area (Å²) in [7, 11) is 0. The summed E-state index contributed by atoms with van der Waals surface area (Å²) in [6, 6.07) is 0. The van der Waals surface area contributed by atoms with Gasteiger partial charge < -0.3 is 5.32 Å². The lowest BCUT2D eigenvalue weighted by atomic mass is 10.0. The van der Waals surface area contributed by atoms with Gasteiger partial charge in [0.25, 0.3) is 0 Å². The lowest BCUT2D eigenvalue weighted by Crippen LogP contribution is -2.22. The Morgan fingerprint density at radius 1 is 1.08 bits per heavy atom. The average molecular weight is 171 g/mol. The van der Waals surface area contributed by atoms with Gasteiger partial charge in [-0.3, -0.25) is 0 Å². The van der Waals surface area contributed by atoms with Crippen molar-refractivity contribution in [2.45, 2.75) is 52.9 Å². The van der Waals surface area contributed by atoms with Crippen LogP contribution in [0.3, 0.4) is 0 Å². The van der Waals surface area contributed by atoms with Crippen molar-refractivity contribution in [3.8, 4) is 0 Å². The van der Waals surface area contributed by atoms with Crippen LogP contribution in [0.25, 0.3) is 0 Å². The van der Waals surface area contributed by atoms with Crippen LogP contribution in [0.4, 0.5) is 0 Å². The second kappa shape index (κ2) is 9.05. The van der Waals surface area contributed by atoms with Crippen molar-refractivity contribution in [1.29, 1.82) is 0 Å². The monoisotopic (exact) mass is 171 g/mol. The summed E-state index contributed by atoms with van der Waals surface area (Å²) in [6.07, 6.45) is 6.72. The Balaban J connectivity index is 3.02. The predicted octanol–water partition coefficient (Wildman–Crippen LogP) is 3.20. The molecule has 0 amide bonds. The molecular formula is C11H25N. The topological polar surface area (TPSA) is 12.0 Å². The molecule has 0 fully saturated rings. The van der Waals surface area contributed by atoms with Crippen LogP contribution in [0.1, 0.15) is 52.9 Å². The normalized spacial score (nSPS) is 13.2. The fraction of sp³-hybridized carbons (Fsp3) is 1.00. The molecule has 0 aliphatic heterocycles. The third-order valence-electron chi connectivity index (χ3n) is 2.25. The Morgan fingerprint density at radius 3 is 2.33 bits per heavy atom. The summed E-state index contributed by atoms with van der Waals surface area (Å²) < 4.78 is 0. The first-order valence-corrected chi connectivity index (χ1v) is 5.52. The number of hydrogen-bond acceptors (Lipinski definition) is 1. The maximum atomic E-state index is 3.49. The SMILES string of the molecule is CCCCNCC(C)CCCC. The van der Waals surface area contributed by atoms with Gasteiger partial charge in [0.2, 0.25) is 0 Å². The number of unbranched alkanes of at least 4 members (excludes halogenated alkanes) is 2. The second-order valence-electron chi connectivity index (χ2n) is 3.81. The zero-order chi connectivity index (χ0) is 9.23. The van der Waals surface area contributed by atoms with Gasteiger partial charge in [-0.05, 0) is 31.8 Å². The fourth-order valence-electron chi connectivity index (χ4n) is 1.30. The molecule has 0 aromatic rings. The average Bonchev–Trinajstić information content (AvgIpc) is 2.09. The van der Waals surface area contributed by atoms with Crippen LogP contribution in [0, 0.1) is 5.92 Å². The fourth-order valence-corrected chi connectivity index (χ4v) is 1.30. The molecule has 0 saturated carbocycles. The predicted molar refractivity (Wildman–Crippen MR) is 56.5 cm³/mol. The first-order chi connectivity index (χ1) is 5.81. The minimum Gasteiger partial charge on any atom is -0.316 e. The van der Waals surface area contributed by atoms with Crippen molar-refractivity contribution in [3.63, 3.8) is 0 Å². The lowest BCUT2D eigenvalue weighted by Gasteiger charge is -2.11. The minimum absolute atomic E-state index is 0.863. The molecule has 1 atom stereocenters. The van der Waals surface area contributed by atoms with Crippen molar-refractivity contribution in [2.75, 3.05) is 13.1 Å². The highest BCUT2D eigenvalue weighted by molar-refractivity contribution is 4.56. The van der Waals surface area contributed by atoms with E-state index < -0.39 is 0 Å². The van der Waals surface area contributed by atoms with E-state index in [2.05, 4.69) is 26.1 Å². The third kappa shape index (κ3) is 8.06. The molecule has 0 spiro atoms. The van der Waals surface area contributed by atoms with Gasteiger partial charge >= 0.3 is 0 Å².